The first kappa shape index (κ1) is 17.7. The Morgan fingerprint density at radius 3 is 2.64 bits per heavy atom. The molecular formula is C21H24N2OS. The standard InChI is InChI=1S/C21H24N2OS/c1-13-9-14(19(24)17(10-13)21(2,3)4)12-23-20-16(11-22)15-7-5-6-8-18(15)25-20/h9-10,12,24H,5-8H2,1-4H3. The van der Waals surface area contributed by atoms with Gasteiger partial charge in [0, 0.05) is 22.2 Å². The molecule has 0 amide bonds. The first-order chi connectivity index (χ1) is 11.8. The Labute approximate surface area is 153 Å². The molecule has 25 heavy (non-hydrogen) atoms. The molecule has 0 unspecified atom stereocenters. The first-order valence-electron chi connectivity index (χ1n) is 8.74. The van der Waals surface area contributed by atoms with Gasteiger partial charge in [0.2, 0.25) is 0 Å². The van der Waals surface area contributed by atoms with Gasteiger partial charge in [0.25, 0.3) is 0 Å². The maximum Gasteiger partial charge on any atom is 0.134 e. The summed E-state index contributed by atoms with van der Waals surface area (Å²) in [5, 5.41) is 21.0. The largest absolute Gasteiger partial charge is 0.507 e. The van der Waals surface area contributed by atoms with Gasteiger partial charge in [0.05, 0.1) is 5.56 Å². The zero-order valence-corrected chi connectivity index (χ0v) is 16.1. The minimum absolute atomic E-state index is 0.140. The average molecular weight is 353 g/mol. The van der Waals surface area contributed by atoms with Gasteiger partial charge in [-0.1, -0.05) is 26.8 Å². The molecule has 1 heterocycles. The molecule has 4 heteroatoms. The summed E-state index contributed by atoms with van der Waals surface area (Å²) >= 11 is 1.62. The van der Waals surface area contributed by atoms with Crippen LogP contribution in [0.15, 0.2) is 17.1 Å². The SMILES string of the molecule is Cc1cc(C=Nc2sc3c(c2C#N)CCCC3)c(O)c(C(C)(C)C)c1. The highest BCUT2D eigenvalue weighted by Gasteiger charge is 2.22. The number of rotatable bonds is 2. The van der Waals surface area contributed by atoms with Crippen molar-refractivity contribution in [3.8, 4) is 11.8 Å². The number of hydrogen-bond acceptors (Lipinski definition) is 4. The fourth-order valence-electron chi connectivity index (χ4n) is 3.36. The van der Waals surface area contributed by atoms with Crippen LogP contribution in [0.3, 0.4) is 0 Å². The number of phenolic OH excluding ortho intramolecular Hbond substituents is 1. The van der Waals surface area contributed by atoms with E-state index < -0.39 is 0 Å². The molecule has 0 aliphatic heterocycles. The molecule has 3 rings (SSSR count). The predicted molar refractivity (Wildman–Crippen MR) is 104 cm³/mol. The lowest BCUT2D eigenvalue weighted by atomic mass is 9.84. The Bertz CT molecular complexity index is 879. The van der Waals surface area contributed by atoms with Crippen LogP contribution < -0.4 is 0 Å². The topological polar surface area (TPSA) is 56.4 Å². The smallest absolute Gasteiger partial charge is 0.134 e. The molecule has 0 saturated heterocycles. The number of fused-ring (bicyclic) bond motifs is 1. The van der Waals surface area contributed by atoms with Crippen molar-refractivity contribution in [1.29, 1.82) is 5.26 Å². The summed E-state index contributed by atoms with van der Waals surface area (Å²) in [6.07, 6.45) is 6.07. The fourth-order valence-corrected chi connectivity index (χ4v) is 4.55. The van der Waals surface area contributed by atoms with E-state index in [9.17, 15) is 10.4 Å². The van der Waals surface area contributed by atoms with E-state index in [1.54, 1.807) is 17.6 Å². The highest BCUT2D eigenvalue weighted by molar-refractivity contribution is 7.16. The predicted octanol–water partition coefficient (Wildman–Crippen LogP) is 5.56. The van der Waals surface area contributed by atoms with Gasteiger partial charge in [-0.3, -0.25) is 0 Å². The lowest BCUT2D eigenvalue weighted by Gasteiger charge is -2.22. The van der Waals surface area contributed by atoms with Crippen LogP contribution in [0.4, 0.5) is 5.00 Å². The highest BCUT2D eigenvalue weighted by atomic mass is 32.1. The Kier molecular flexibility index (Phi) is 4.71. The van der Waals surface area contributed by atoms with Gasteiger partial charge >= 0.3 is 0 Å². The molecule has 1 aromatic heterocycles. The number of aryl methyl sites for hydroxylation is 2. The van der Waals surface area contributed by atoms with Crippen LogP contribution in [-0.4, -0.2) is 11.3 Å². The van der Waals surface area contributed by atoms with Gasteiger partial charge in [-0.25, -0.2) is 4.99 Å². The molecule has 0 saturated carbocycles. The lowest BCUT2D eigenvalue weighted by Crippen LogP contribution is -2.12. The second-order valence-electron chi connectivity index (χ2n) is 7.76. The van der Waals surface area contributed by atoms with E-state index in [-0.39, 0.29) is 11.2 Å². The highest BCUT2D eigenvalue weighted by Crippen LogP contribution is 2.40. The summed E-state index contributed by atoms with van der Waals surface area (Å²) in [5.41, 5.74) is 4.49. The zero-order valence-electron chi connectivity index (χ0n) is 15.3. The van der Waals surface area contributed by atoms with Crippen LogP contribution in [0, 0.1) is 18.3 Å². The minimum Gasteiger partial charge on any atom is -0.507 e. The molecule has 0 spiro atoms. The molecular weight excluding hydrogens is 328 g/mol. The average Bonchev–Trinajstić information content (AvgIpc) is 2.91. The van der Waals surface area contributed by atoms with Crippen molar-refractivity contribution in [1.82, 2.24) is 0 Å². The van der Waals surface area contributed by atoms with Gasteiger partial charge in [0.15, 0.2) is 0 Å². The Balaban J connectivity index is 2.03. The second-order valence-corrected chi connectivity index (χ2v) is 8.84. The van der Waals surface area contributed by atoms with Crippen molar-refractivity contribution in [3.05, 3.63) is 44.8 Å². The molecule has 0 atom stereocenters. The molecule has 0 radical (unpaired) electrons. The number of nitrogens with zero attached hydrogens (tertiary/aromatic N) is 2. The van der Waals surface area contributed by atoms with Crippen LogP contribution in [0.25, 0.3) is 0 Å². The van der Waals surface area contributed by atoms with Crippen LogP contribution in [0.5, 0.6) is 5.75 Å². The van der Waals surface area contributed by atoms with Gasteiger partial charge in [-0.2, -0.15) is 5.26 Å². The molecule has 0 bridgehead atoms. The van der Waals surface area contributed by atoms with E-state index in [0.717, 1.165) is 41.0 Å². The molecule has 1 aromatic carbocycles. The lowest BCUT2D eigenvalue weighted by molar-refractivity contribution is 0.445. The third kappa shape index (κ3) is 3.48. The van der Waals surface area contributed by atoms with E-state index in [0.29, 0.717) is 5.56 Å². The zero-order chi connectivity index (χ0) is 18.2. The number of thiophene rings is 1. The number of hydrogen-bond donors (Lipinski definition) is 1. The molecule has 0 fully saturated rings. The Hall–Kier alpha value is -2.12. The van der Waals surface area contributed by atoms with E-state index in [1.807, 2.05) is 19.1 Å². The number of aliphatic imine (C=N–C) groups is 1. The van der Waals surface area contributed by atoms with E-state index >= 15 is 0 Å². The number of nitriles is 1. The van der Waals surface area contributed by atoms with Crippen molar-refractivity contribution in [2.45, 2.75) is 58.8 Å². The fraction of sp³-hybridized carbons (Fsp3) is 0.429. The minimum atomic E-state index is -0.140. The van der Waals surface area contributed by atoms with Crippen LogP contribution >= 0.6 is 11.3 Å². The summed E-state index contributed by atoms with van der Waals surface area (Å²) in [4.78, 5) is 5.89. The van der Waals surface area contributed by atoms with E-state index in [4.69, 9.17) is 0 Å². The Morgan fingerprint density at radius 2 is 1.96 bits per heavy atom. The Morgan fingerprint density at radius 1 is 1.24 bits per heavy atom. The molecule has 3 nitrogen and oxygen atoms in total. The quantitative estimate of drug-likeness (QED) is 0.719. The maximum absolute atomic E-state index is 10.7. The summed E-state index contributed by atoms with van der Waals surface area (Å²) in [6, 6.07) is 6.30. The molecule has 1 aliphatic rings. The molecule has 130 valence electrons. The van der Waals surface area contributed by atoms with Gasteiger partial charge < -0.3 is 5.11 Å². The summed E-state index contributed by atoms with van der Waals surface area (Å²) in [5.74, 6) is 0.279. The number of phenols is 1. The van der Waals surface area contributed by atoms with Crippen molar-refractivity contribution in [2.75, 3.05) is 0 Å². The molecule has 1 N–H and O–H groups in total. The maximum atomic E-state index is 10.7. The molecule has 2 aromatic rings. The van der Waals surface area contributed by atoms with Crippen LogP contribution in [-0.2, 0) is 18.3 Å². The normalized spacial score (nSPS) is 14.5. The van der Waals surface area contributed by atoms with Crippen molar-refractivity contribution < 1.29 is 5.11 Å². The van der Waals surface area contributed by atoms with Crippen molar-refractivity contribution >= 4 is 22.6 Å². The number of aromatic hydroxyl groups is 1. The van der Waals surface area contributed by atoms with Crippen LogP contribution in [0.2, 0.25) is 0 Å². The summed E-state index contributed by atoms with van der Waals surface area (Å²) in [7, 11) is 0. The second kappa shape index (κ2) is 6.65. The monoisotopic (exact) mass is 352 g/mol. The van der Waals surface area contributed by atoms with Gasteiger partial charge in [-0.15, -0.1) is 11.3 Å². The van der Waals surface area contributed by atoms with E-state index in [2.05, 4.69) is 31.8 Å². The van der Waals surface area contributed by atoms with Gasteiger partial charge in [-0.05, 0) is 55.2 Å². The van der Waals surface area contributed by atoms with Crippen molar-refractivity contribution in [2.24, 2.45) is 4.99 Å². The third-order valence-corrected chi connectivity index (χ3v) is 5.88. The van der Waals surface area contributed by atoms with Gasteiger partial charge in [0.1, 0.15) is 16.8 Å². The number of benzene rings is 1. The summed E-state index contributed by atoms with van der Waals surface area (Å²) < 4.78 is 0. The first-order valence-corrected chi connectivity index (χ1v) is 9.55. The third-order valence-electron chi connectivity index (χ3n) is 4.68. The summed E-state index contributed by atoms with van der Waals surface area (Å²) in [6.45, 7) is 8.28. The van der Waals surface area contributed by atoms with Crippen LogP contribution in [0.1, 0.15) is 66.3 Å². The van der Waals surface area contributed by atoms with Crippen molar-refractivity contribution in [3.63, 3.8) is 0 Å². The molecule has 1 aliphatic carbocycles. The van der Waals surface area contributed by atoms with E-state index in [1.165, 1.54) is 16.9 Å².